The Bertz CT molecular complexity index is 453. The molecule has 16 heavy (non-hydrogen) atoms. The Morgan fingerprint density at radius 1 is 1.06 bits per heavy atom. The number of hydrogen-bond acceptors (Lipinski definition) is 2. The number of aryl methyl sites for hydroxylation is 1. The molecule has 2 heteroatoms. The molecule has 0 aliphatic rings. The van der Waals surface area contributed by atoms with Gasteiger partial charge in [0.2, 0.25) is 0 Å². The summed E-state index contributed by atoms with van der Waals surface area (Å²) >= 11 is 0. The molecular weight excluding hydrogens is 198 g/mol. The van der Waals surface area contributed by atoms with E-state index in [0.717, 1.165) is 17.0 Å². The molecule has 1 heterocycles. The summed E-state index contributed by atoms with van der Waals surface area (Å²) in [6, 6.07) is 15.5. The summed E-state index contributed by atoms with van der Waals surface area (Å²) in [5, 5.41) is 10.0. The van der Waals surface area contributed by atoms with Gasteiger partial charge in [0, 0.05) is 17.8 Å². The Kier molecular flexibility index (Phi) is 3.32. The molecule has 0 unspecified atom stereocenters. The fraction of sp³-hybridized carbons (Fsp3) is 0.214. The number of nitrogens with zero attached hydrogens (tertiary/aromatic N) is 1. The molecule has 2 nitrogen and oxygen atoms in total. The van der Waals surface area contributed by atoms with E-state index in [1.54, 1.807) is 0 Å². The smallest absolute Gasteiger partial charge is 0.0845 e. The molecule has 2 rings (SSSR count). The molecule has 0 spiro atoms. The molecule has 1 aromatic carbocycles. The van der Waals surface area contributed by atoms with E-state index >= 15 is 0 Å². The van der Waals surface area contributed by atoms with Crippen molar-refractivity contribution in [2.75, 3.05) is 0 Å². The van der Waals surface area contributed by atoms with E-state index in [1.165, 1.54) is 0 Å². The molecule has 1 N–H and O–H groups in total. The van der Waals surface area contributed by atoms with Gasteiger partial charge in [-0.3, -0.25) is 4.98 Å². The van der Waals surface area contributed by atoms with Crippen molar-refractivity contribution in [3.63, 3.8) is 0 Å². The molecule has 0 amide bonds. The number of benzene rings is 1. The largest absolute Gasteiger partial charge is 0.388 e. The summed E-state index contributed by atoms with van der Waals surface area (Å²) < 4.78 is 0. The molecular formula is C14H15NO. The molecule has 0 fully saturated rings. The van der Waals surface area contributed by atoms with Crippen molar-refractivity contribution >= 4 is 0 Å². The van der Waals surface area contributed by atoms with Gasteiger partial charge in [0.05, 0.1) is 6.10 Å². The zero-order valence-corrected chi connectivity index (χ0v) is 9.30. The zero-order chi connectivity index (χ0) is 11.4. The van der Waals surface area contributed by atoms with Gasteiger partial charge < -0.3 is 5.11 Å². The van der Waals surface area contributed by atoms with E-state index in [0.29, 0.717) is 6.42 Å². The van der Waals surface area contributed by atoms with E-state index in [4.69, 9.17) is 0 Å². The van der Waals surface area contributed by atoms with Crippen LogP contribution < -0.4 is 0 Å². The van der Waals surface area contributed by atoms with E-state index in [9.17, 15) is 5.11 Å². The summed E-state index contributed by atoms with van der Waals surface area (Å²) in [7, 11) is 0. The molecule has 0 radical (unpaired) electrons. The van der Waals surface area contributed by atoms with Crippen LogP contribution in [0, 0.1) is 6.92 Å². The molecule has 0 aliphatic carbocycles. The third-order valence-electron chi connectivity index (χ3n) is 2.53. The number of pyridine rings is 1. The Balaban J connectivity index is 2.11. The van der Waals surface area contributed by atoms with Gasteiger partial charge >= 0.3 is 0 Å². The van der Waals surface area contributed by atoms with Gasteiger partial charge in [-0.1, -0.05) is 36.4 Å². The summed E-state index contributed by atoms with van der Waals surface area (Å²) in [4.78, 5) is 4.38. The minimum absolute atomic E-state index is 0.476. The monoisotopic (exact) mass is 213 g/mol. The van der Waals surface area contributed by atoms with Crippen molar-refractivity contribution in [2.24, 2.45) is 0 Å². The number of aromatic nitrogens is 1. The van der Waals surface area contributed by atoms with E-state index < -0.39 is 6.10 Å². The third-order valence-corrected chi connectivity index (χ3v) is 2.53. The molecule has 1 aromatic heterocycles. The highest BCUT2D eigenvalue weighted by atomic mass is 16.3. The summed E-state index contributed by atoms with van der Waals surface area (Å²) in [5.74, 6) is 0. The zero-order valence-electron chi connectivity index (χ0n) is 9.30. The number of aliphatic hydroxyl groups is 1. The Labute approximate surface area is 95.6 Å². The number of aliphatic hydroxyl groups excluding tert-OH is 1. The summed E-state index contributed by atoms with van der Waals surface area (Å²) in [6.45, 7) is 1.96. The van der Waals surface area contributed by atoms with E-state index in [2.05, 4.69) is 4.98 Å². The Hall–Kier alpha value is -1.67. The highest BCUT2D eigenvalue weighted by Gasteiger charge is 2.08. The second kappa shape index (κ2) is 4.90. The van der Waals surface area contributed by atoms with Crippen LogP contribution in [0.1, 0.15) is 23.1 Å². The normalized spacial score (nSPS) is 12.4. The van der Waals surface area contributed by atoms with Crippen molar-refractivity contribution in [3.8, 4) is 0 Å². The van der Waals surface area contributed by atoms with Crippen LogP contribution in [0.2, 0.25) is 0 Å². The van der Waals surface area contributed by atoms with Gasteiger partial charge in [-0.25, -0.2) is 0 Å². The van der Waals surface area contributed by atoms with Crippen molar-refractivity contribution in [1.82, 2.24) is 4.98 Å². The van der Waals surface area contributed by atoms with Crippen LogP contribution in [-0.4, -0.2) is 10.1 Å². The fourth-order valence-electron chi connectivity index (χ4n) is 1.70. The first kappa shape index (κ1) is 10.8. The van der Waals surface area contributed by atoms with Gasteiger partial charge in [0.15, 0.2) is 0 Å². The van der Waals surface area contributed by atoms with Crippen molar-refractivity contribution < 1.29 is 5.11 Å². The molecule has 82 valence electrons. The first-order valence-electron chi connectivity index (χ1n) is 5.41. The molecule has 0 saturated heterocycles. The van der Waals surface area contributed by atoms with E-state index in [-0.39, 0.29) is 0 Å². The lowest BCUT2D eigenvalue weighted by molar-refractivity contribution is 0.177. The third kappa shape index (κ3) is 2.67. The van der Waals surface area contributed by atoms with Crippen LogP contribution in [0.5, 0.6) is 0 Å². The summed E-state index contributed by atoms with van der Waals surface area (Å²) in [5.41, 5.74) is 2.85. The predicted molar refractivity (Wildman–Crippen MR) is 64.1 cm³/mol. The topological polar surface area (TPSA) is 33.1 Å². The van der Waals surface area contributed by atoms with Gasteiger partial charge in [-0.15, -0.1) is 0 Å². The van der Waals surface area contributed by atoms with Crippen LogP contribution in [-0.2, 0) is 6.42 Å². The van der Waals surface area contributed by atoms with Crippen LogP contribution in [0.4, 0.5) is 0 Å². The van der Waals surface area contributed by atoms with Gasteiger partial charge in [0.1, 0.15) is 0 Å². The molecule has 0 bridgehead atoms. The second-order valence-corrected chi connectivity index (χ2v) is 3.90. The van der Waals surface area contributed by atoms with Crippen LogP contribution in [0.25, 0.3) is 0 Å². The first-order valence-corrected chi connectivity index (χ1v) is 5.41. The minimum atomic E-state index is -0.476. The summed E-state index contributed by atoms with van der Waals surface area (Å²) in [6.07, 6.45) is 0.0848. The fourth-order valence-corrected chi connectivity index (χ4v) is 1.70. The Morgan fingerprint density at radius 3 is 2.50 bits per heavy atom. The Morgan fingerprint density at radius 2 is 1.81 bits per heavy atom. The van der Waals surface area contributed by atoms with Crippen molar-refractivity contribution in [2.45, 2.75) is 19.4 Å². The van der Waals surface area contributed by atoms with Gasteiger partial charge in [-0.2, -0.15) is 0 Å². The molecule has 0 aliphatic heterocycles. The minimum Gasteiger partial charge on any atom is -0.388 e. The average molecular weight is 213 g/mol. The lowest BCUT2D eigenvalue weighted by Crippen LogP contribution is -2.03. The molecule has 0 saturated carbocycles. The standard InChI is InChI=1S/C14H15NO/c1-11-6-5-9-13(15-11)10-14(16)12-7-3-2-4-8-12/h2-9,14,16H,10H2,1H3/t14-/m0/s1. The first-order chi connectivity index (χ1) is 7.75. The second-order valence-electron chi connectivity index (χ2n) is 3.90. The van der Waals surface area contributed by atoms with Crippen molar-refractivity contribution in [1.29, 1.82) is 0 Å². The predicted octanol–water partition coefficient (Wildman–Crippen LogP) is 2.67. The van der Waals surface area contributed by atoms with Gasteiger partial charge in [-0.05, 0) is 24.6 Å². The quantitative estimate of drug-likeness (QED) is 0.850. The van der Waals surface area contributed by atoms with Crippen LogP contribution >= 0.6 is 0 Å². The number of hydrogen-bond donors (Lipinski definition) is 1. The molecule has 1 atom stereocenters. The van der Waals surface area contributed by atoms with Crippen molar-refractivity contribution in [3.05, 3.63) is 65.5 Å². The highest BCUT2D eigenvalue weighted by Crippen LogP contribution is 2.16. The maximum atomic E-state index is 10.0. The maximum Gasteiger partial charge on any atom is 0.0845 e. The van der Waals surface area contributed by atoms with Crippen LogP contribution in [0.15, 0.2) is 48.5 Å². The van der Waals surface area contributed by atoms with E-state index in [1.807, 2.05) is 55.5 Å². The lowest BCUT2D eigenvalue weighted by Gasteiger charge is -2.10. The SMILES string of the molecule is Cc1cccc(C[C@H](O)c2ccccc2)n1. The maximum absolute atomic E-state index is 10.0. The average Bonchev–Trinajstić information content (AvgIpc) is 2.30. The van der Waals surface area contributed by atoms with Gasteiger partial charge in [0.25, 0.3) is 0 Å². The lowest BCUT2D eigenvalue weighted by atomic mass is 10.0. The molecule has 2 aromatic rings. The van der Waals surface area contributed by atoms with Crippen LogP contribution in [0.3, 0.4) is 0 Å². The number of rotatable bonds is 3. The highest BCUT2D eigenvalue weighted by molar-refractivity contribution is 5.20.